The number of carbonyl (C=O) groups is 1. The SMILES string of the molecule is CC(C)OC(=O)[C@H](C)NP(=O)(O)Oc1ccccc1.CCN(CC)CC. The van der Waals surface area contributed by atoms with Gasteiger partial charge in [0.15, 0.2) is 0 Å². The van der Waals surface area contributed by atoms with Gasteiger partial charge in [-0.25, -0.2) is 4.57 Å². The molecule has 2 atom stereocenters. The van der Waals surface area contributed by atoms with Gasteiger partial charge >= 0.3 is 13.7 Å². The number of nitrogens with one attached hydrogen (secondary N) is 1. The normalized spacial score (nSPS) is 14.2. The molecule has 0 spiro atoms. The van der Waals surface area contributed by atoms with Crippen LogP contribution in [0, 0.1) is 0 Å². The van der Waals surface area contributed by atoms with E-state index in [1.54, 1.807) is 44.2 Å². The molecule has 8 heteroatoms. The highest BCUT2D eigenvalue weighted by atomic mass is 31.2. The summed E-state index contributed by atoms with van der Waals surface area (Å²) in [6.45, 7) is 15.0. The lowest BCUT2D eigenvalue weighted by molar-refractivity contribution is -0.149. The molecule has 0 saturated heterocycles. The Morgan fingerprint density at radius 3 is 2.00 bits per heavy atom. The number of hydrogen-bond donors (Lipinski definition) is 2. The quantitative estimate of drug-likeness (QED) is 0.495. The standard InChI is InChI=1S/C12H18NO5P.C6H15N/c1-9(2)17-12(14)10(3)13-19(15,16)18-11-7-5-4-6-8-11;1-4-7(5-2)6-3/h4-10H,1-3H3,(H2,13,15,16);4-6H2,1-3H3/t10-;/m0./s1. The van der Waals surface area contributed by atoms with E-state index in [-0.39, 0.29) is 11.9 Å². The van der Waals surface area contributed by atoms with E-state index in [0.717, 1.165) is 0 Å². The highest BCUT2D eigenvalue weighted by Gasteiger charge is 2.28. The molecule has 1 aromatic rings. The zero-order valence-electron chi connectivity index (χ0n) is 16.6. The second kappa shape index (κ2) is 12.9. The van der Waals surface area contributed by atoms with Crippen molar-refractivity contribution in [2.75, 3.05) is 19.6 Å². The van der Waals surface area contributed by atoms with Gasteiger partial charge in [-0.3, -0.25) is 4.79 Å². The second-order valence-electron chi connectivity index (χ2n) is 5.88. The van der Waals surface area contributed by atoms with Gasteiger partial charge in [-0.2, -0.15) is 5.09 Å². The molecule has 150 valence electrons. The van der Waals surface area contributed by atoms with Gasteiger partial charge in [0.05, 0.1) is 6.10 Å². The zero-order valence-corrected chi connectivity index (χ0v) is 17.5. The van der Waals surface area contributed by atoms with E-state index >= 15 is 0 Å². The molecule has 1 rings (SSSR count). The van der Waals surface area contributed by atoms with Gasteiger partial charge in [-0.15, -0.1) is 0 Å². The summed E-state index contributed by atoms with van der Waals surface area (Å²) in [5.41, 5.74) is 0. The minimum absolute atomic E-state index is 0.241. The van der Waals surface area contributed by atoms with Crippen molar-refractivity contribution in [2.45, 2.75) is 53.7 Å². The van der Waals surface area contributed by atoms with Crippen molar-refractivity contribution in [1.29, 1.82) is 0 Å². The minimum atomic E-state index is -4.12. The first-order valence-electron chi connectivity index (χ1n) is 8.93. The summed E-state index contributed by atoms with van der Waals surface area (Å²) in [7, 11) is -4.12. The van der Waals surface area contributed by atoms with E-state index < -0.39 is 19.8 Å². The van der Waals surface area contributed by atoms with Crippen molar-refractivity contribution < 1.29 is 23.5 Å². The molecule has 0 heterocycles. The van der Waals surface area contributed by atoms with Crippen LogP contribution in [0.4, 0.5) is 0 Å². The molecule has 0 radical (unpaired) electrons. The Labute approximate surface area is 157 Å². The number of esters is 1. The average Bonchev–Trinajstić information content (AvgIpc) is 2.56. The van der Waals surface area contributed by atoms with E-state index in [1.807, 2.05) is 0 Å². The van der Waals surface area contributed by atoms with Gasteiger partial charge in [0, 0.05) is 0 Å². The first kappa shape index (κ1) is 24.6. The van der Waals surface area contributed by atoms with Crippen molar-refractivity contribution in [3.63, 3.8) is 0 Å². The molecule has 26 heavy (non-hydrogen) atoms. The molecule has 0 aliphatic carbocycles. The van der Waals surface area contributed by atoms with Crippen LogP contribution in [-0.2, 0) is 14.1 Å². The van der Waals surface area contributed by atoms with Crippen molar-refractivity contribution in [2.24, 2.45) is 0 Å². The molecule has 1 unspecified atom stereocenters. The maximum Gasteiger partial charge on any atom is 0.456 e. The predicted molar refractivity (Wildman–Crippen MR) is 104 cm³/mol. The lowest BCUT2D eigenvalue weighted by Crippen LogP contribution is -2.35. The highest BCUT2D eigenvalue weighted by molar-refractivity contribution is 7.51. The largest absolute Gasteiger partial charge is 0.462 e. The Balaban J connectivity index is 0.000000758. The van der Waals surface area contributed by atoms with Crippen LogP contribution in [0.3, 0.4) is 0 Å². The summed E-state index contributed by atoms with van der Waals surface area (Å²) in [5, 5.41) is 2.22. The third-order valence-electron chi connectivity index (χ3n) is 3.38. The fourth-order valence-corrected chi connectivity index (χ4v) is 3.01. The monoisotopic (exact) mass is 388 g/mol. The Morgan fingerprint density at radius 1 is 1.12 bits per heavy atom. The number of benzene rings is 1. The van der Waals surface area contributed by atoms with E-state index in [1.165, 1.54) is 26.6 Å². The summed E-state index contributed by atoms with van der Waals surface area (Å²) in [4.78, 5) is 23.5. The number of hydrogen-bond acceptors (Lipinski definition) is 5. The first-order valence-corrected chi connectivity index (χ1v) is 10.5. The van der Waals surface area contributed by atoms with Crippen LogP contribution in [0.1, 0.15) is 41.5 Å². The van der Waals surface area contributed by atoms with Crippen molar-refractivity contribution >= 4 is 13.7 Å². The first-order chi connectivity index (χ1) is 12.1. The molecule has 0 aromatic heterocycles. The fourth-order valence-electron chi connectivity index (χ4n) is 1.95. The van der Waals surface area contributed by atoms with Crippen molar-refractivity contribution in [1.82, 2.24) is 9.99 Å². The van der Waals surface area contributed by atoms with Crippen LogP contribution < -0.4 is 9.61 Å². The molecular formula is C18H33N2O5P. The fraction of sp³-hybridized carbons (Fsp3) is 0.611. The second-order valence-corrected chi connectivity index (χ2v) is 7.36. The van der Waals surface area contributed by atoms with Gasteiger partial charge in [-0.1, -0.05) is 39.0 Å². The Bertz CT molecular complexity index is 544. The third-order valence-corrected chi connectivity index (χ3v) is 4.55. The number of carbonyl (C=O) groups excluding carboxylic acids is 1. The van der Waals surface area contributed by atoms with Crippen LogP contribution >= 0.6 is 7.75 Å². The average molecular weight is 388 g/mol. The molecule has 7 nitrogen and oxygen atoms in total. The van der Waals surface area contributed by atoms with Crippen molar-refractivity contribution in [3.05, 3.63) is 30.3 Å². The zero-order chi connectivity index (χ0) is 20.2. The summed E-state index contributed by atoms with van der Waals surface area (Å²) in [5.74, 6) is -0.369. The molecule has 0 aliphatic rings. The number of rotatable bonds is 9. The molecule has 0 saturated carbocycles. The summed E-state index contributed by atoms with van der Waals surface area (Å²) in [6, 6.07) is 7.24. The third kappa shape index (κ3) is 11.3. The van der Waals surface area contributed by atoms with Gasteiger partial charge in [0.2, 0.25) is 0 Å². The van der Waals surface area contributed by atoms with Gasteiger partial charge in [0.1, 0.15) is 11.8 Å². The van der Waals surface area contributed by atoms with Crippen LogP contribution in [-0.4, -0.2) is 47.5 Å². The molecule has 0 fully saturated rings. The predicted octanol–water partition coefficient (Wildman–Crippen LogP) is 3.44. The summed E-state index contributed by atoms with van der Waals surface area (Å²) in [6.07, 6.45) is -0.287. The molecule has 0 aliphatic heterocycles. The van der Waals surface area contributed by atoms with Crippen molar-refractivity contribution in [3.8, 4) is 5.75 Å². The van der Waals surface area contributed by atoms with Gasteiger partial charge < -0.3 is 19.1 Å². The molecular weight excluding hydrogens is 355 g/mol. The molecule has 2 N–H and O–H groups in total. The van der Waals surface area contributed by atoms with E-state index in [0.29, 0.717) is 0 Å². The lowest BCUT2D eigenvalue weighted by Gasteiger charge is -2.19. The van der Waals surface area contributed by atoms with Crippen LogP contribution in [0.25, 0.3) is 0 Å². The number of para-hydroxylation sites is 1. The van der Waals surface area contributed by atoms with E-state index in [4.69, 9.17) is 9.26 Å². The van der Waals surface area contributed by atoms with E-state index in [9.17, 15) is 14.3 Å². The Kier molecular flexibility index (Phi) is 12.2. The maximum absolute atomic E-state index is 11.8. The topological polar surface area (TPSA) is 88.1 Å². The maximum atomic E-state index is 11.8. The highest BCUT2D eigenvalue weighted by Crippen LogP contribution is 2.38. The number of ether oxygens (including phenoxy) is 1. The van der Waals surface area contributed by atoms with Gasteiger partial charge in [0.25, 0.3) is 0 Å². The summed E-state index contributed by atoms with van der Waals surface area (Å²) >= 11 is 0. The lowest BCUT2D eigenvalue weighted by atomic mass is 10.3. The smallest absolute Gasteiger partial charge is 0.456 e. The molecule has 0 bridgehead atoms. The number of nitrogens with zero attached hydrogens (tertiary/aromatic N) is 1. The summed E-state index contributed by atoms with van der Waals surface area (Å²) < 4.78 is 21.6. The molecule has 1 aromatic carbocycles. The Hall–Kier alpha value is -1.40. The minimum Gasteiger partial charge on any atom is -0.462 e. The van der Waals surface area contributed by atoms with Gasteiger partial charge in [-0.05, 0) is 52.5 Å². The van der Waals surface area contributed by atoms with Crippen LogP contribution in [0.5, 0.6) is 5.75 Å². The Morgan fingerprint density at radius 2 is 1.62 bits per heavy atom. The van der Waals surface area contributed by atoms with E-state index in [2.05, 4.69) is 30.8 Å². The molecule has 0 amide bonds. The van der Waals surface area contributed by atoms with Crippen LogP contribution in [0.15, 0.2) is 30.3 Å². The van der Waals surface area contributed by atoms with Crippen LogP contribution in [0.2, 0.25) is 0 Å².